The zero-order valence-electron chi connectivity index (χ0n) is 11.7. The summed E-state index contributed by atoms with van der Waals surface area (Å²) < 4.78 is 6.15. The molecule has 2 aliphatic heterocycles. The van der Waals surface area contributed by atoms with Gasteiger partial charge in [-0.25, -0.2) is 0 Å². The van der Waals surface area contributed by atoms with Gasteiger partial charge in [0.05, 0.1) is 11.7 Å². The zero-order valence-corrected chi connectivity index (χ0v) is 11.7. The highest BCUT2D eigenvalue weighted by atomic mass is 16.5. The molecule has 0 unspecified atom stereocenters. The third-order valence-electron chi connectivity index (χ3n) is 4.63. The Bertz CT molecular complexity index is 437. The first-order valence-electron chi connectivity index (χ1n) is 7.51. The molecule has 0 radical (unpaired) electrons. The molecule has 1 heteroatoms. The highest BCUT2D eigenvalue weighted by Gasteiger charge is 2.42. The van der Waals surface area contributed by atoms with Crippen LogP contribution in [0.4, 0.5) is 0 Å². The topological polar surface area (TPSA) is 9.23 Å². The molecule has 1 fully saturated rings. The number of aryl methyl sites for hydroxylation is 1. The van der Waals surface area contributed by atoms with E-state index < -0.39 is 0 Å². The van der Waals surface area contributed by atoms with E-state index in [1.54, 1.807) is 5.56 Å². The first-order chi connectivity index (χ1) is 8.71. The minimum atomic E-state index is 0.0141. The predicted molar refractivity (Wildman–Crippen MR) is 74.8 cm³/mol. The maximum absolute atomic E-state index is 6.15. The van der Waals surface area contributed by atoms with E-state index >= 15 is 0 Å². The summed E-state index contributed by atoms with van der Waals surface area (Å²) in [7, 11) is 0. The van der Waals surface area contributed by atoms with Gasteiger partial charge in [-0.05, 0) is 55.7 Å². The van der Waals surface area contributed by atoms with Crippen LogP contribution in [0, 0.1) is 0 Å². The lowest BCUT2D eigenvalue weighted by Gasteiger charge is -2.33. The summed E-state index contributed by atoms with van der Waals surface area (Å²) >= 11 is 0. The summed E-state index contributed by atoms with van der Waals surface area (Å²) in [4.78, 5) is 0. The van der Waals surface area contributed by atoms with Gasteiger partial charge in [-0.3, -0.25) is 0 Å². The summed E-state index contributed by atoms with van der Waals surface area (Å²) in [5.74, 6) is 0. The number of fused-ring (bicyclic) bond motifs is 4. The summed E-state index contributed by atoms with van der Waals surface area (Å²) in [5.41, 5.74) is 4.54. The number of unbranched alkanes of at least 4 members (excludes halogenated alkanes) is 2. The summed E-state index contributed by atoms with van der Waals surface area (Å²) in [5, 5.41) is 0. The number of hydrogen-bond acceptors (Lipinski definition) is 1. The maximum Gasteiger partial charge on any atom is 0.0910 e. The van der Waals surface area contributed by atoms with Crippen LogP contribution in [0.2, 0.25) is 0 Å². The molecule has 3 rings (SSSR count). The van der Waals surface area contributed by atoms with E-state index in [4.69, 9.17) is 4.74 Å². The lowest BCUT2D eigenvalue weighted by Crippen LogP contribution is -2.30. The lowest BCUT2D eigenvalue weighted by molar-refractivity contribution is -0.0437. The maximum atomic E-state index is 6.15. The van der Waals surface area contributed by atoms with Crippen LogP contribution in [0.1, 0.15) is 62.6 Å². The number of benzene rings is 1. The molecule has 0 spiro atoms. The third kappa shape index (κ3) is 2.09. The molecule has 1 aromatic rings. The van der Waals surface area contributed by atoms with Crippen molar-refractivity contribution in [1.29, 1.82) is 0 Å². The van der Waals surface area contributed by atoms with Crippen molar-refractivity contribution in [3.63, 3.8) is 0 Å². The number of ether oxygens (including phenoxy) is 1. The molecule has 0 N–H and O–H groups in total. The van der Waals surface area contributed by atoms with Crippen LogP contribution in [0.5, 0.6) is 0 Å². The van der Waals surface area contributed by atoms with Crippen LogP contribution in [0.15, 0.2) is 18.2 Å². The Kier molecular flexibility index (Phi) is 3.19. The first kappa shape index (κ1) is 12.2. The van der Waals surface area contributed by atoms with Gasteiger partial charge in [0.15, 0.2) is 0 Å². The van der Waals surface area contributed by atoms with Crippen molar-refractivity contribution in [3.8, 4) is 0 Å². The zero-order chi connectivity index (χ0) is 12.6. The molecule has 2 bridgehead atoms. The molecular formula is C17H24O. The van der Waals surface area contributed by atoms with Gasteiger partial charge in [0.2, 0.25) is 0 Å². The van der Waals surface area contributed by atoms with Crippen LogP contribution in [0.25, 0.3) is 0 Å². The van der Waals surface area contributed by atoms with Crippen LogP contribution >= 0.6 is 0 Å². The van der Waals surface area contributed by atoms with E-state index in [0.29, 0.717) is 6.10 Å². The number of rotatable bonds is 4. The second kappa shape index (κ2) is 4.70. The highest BCUT2D eigenvalue weighted by Crippen LogP contribution is 2.45. The SMILES string of the molecule is CCCCCc1ccc2c(c1)C[C@@H]1CC[C@@]2(C)O1. The van der Waals surface area contributed by atoms with E-state index in [1.807, 2.05) is 0 Å². The second-order valence-electron chi connectivity index (χ2n) is 6.16. The Hall–Kier alpha value is -0.820. The van der Waals surface area contributed by atoms with Gasteiger partial charge in [-0.1, -0.05) is 38.0 Å². The molecule has 2 heterocycles. The third-order valence-corrected chi connectivity index (χ3v) is 4.63. The minimum Gasteiger partial charge on any atom is -0.367 e. The fourth-order valence-corrected chi connectivity index (χ4v) is 3.58. The first-order valence-corrected chi connectivity index (χ1v) is 7.51. The van der Waals surface area contributed by atoms with E-state index in [1.165, 1.54) is 49.7 Å². The van der Waals surface area contributed by atoms with Crippen molar-refractivity contribution < 1.29 is 4.74 Å². The average molecular weight is 244 g/mol. The van der Waals surface area contributed by atoms with Crippen LogP contribution in [-0.2, 0) is 23.2 Å². The van der Waals surface area contributed by atoms with Crippen molar-refractivity contribution in [2.24, 2.45) is 0 Å². The lowest BCUT2D eigenvalue weighted by atomic mass is 9.87. The van der Waals surface area contributed by atoms with Gasteiger partial charge in [0.1, 0.15) is 0 Å². The Morgan fingerprint density at radius 2 is 2.22 bits per heavy atom. The van der Waals surface area contributed by atoms with Gasteiger partial charge < -0.3 is 4.74 Å². The smallest absolute Gasteiger partial charge is 0.0910 e. The van der Waals surface area contributed by atoms with Crippen LogP contribution in [0.3, 0.4) is 0 Å². The van der Waals surface area contributed by atoms with E-state index in [0.717, 1.165) is 6.42 Å². The summed E-state index contributed by atoms with van der Waals surface area (Å²) in [6.45, 7) is 4.53. The normalized spacial score (nSPS) is 29.3. The molecule has 0 aliphatic carbocycles. The molecule has 0 saturated carbocycles. The predicted octanol–water partition coefficient (Wildman–Crippen LogP) is 4.37. The van der Waals surface area contributed by atoms with E-state index in [2.05, 4.69) is 32.0 Å². The monoisotopic (exact) mass is 244 g/mol. The molecule has 1 aromatic carbocycles. The van der Waals surface area contributed by atoms with Crippen molar-refractivity contribution in [1.82, 2.24) is 0 Å². The van der Waals surface area contributed by atoms with Gasteiger partial charge in [0.25, 0.3) is 0 Å². The van der Waals surface area contributed by atoms with Crippen molar-refractivity contribution in [2.45, 2.75) is 70.5 Å². The molecule has 1 saturated heterocycles. The van der Waals surface area contributed by atoms with Crippen molar-refractivity contribution >= 4 is 0 Å². The number of hydrogen-bond donors (Lipinski definition) is 0. The second-order valence-corrected chi connectivity index (χ2v) is 6.16. The molecule has 2 atom stereocenters. The van der Waals surface area contributed by atoms with Crippen molar-refractivity contribution in [2.75, 3.05) is 0 Å². The van der Waals surface area contributed by atoms with Gasteiger partial charge in [0, 0.05) is 0 Å². The van der Waals surface area contributed by atoms with E-state index in [-0.39, 0.29) is 5.60 Å². The molecule has 2 aliphatic rings. The van der Waals surface area contributed by atoms with Crippen LogP contribution < -0.4 is 0 Å². The quantitative estimate of drug-likeness (QED) is 0.715. The van der Waals surface area contributed by atoms with E-state index in [9.17, 15) is 0 Å². The highest BCUT2D eigenvalue weighted by molar-refractivity contribution is 5.39. The Balaban J connectivity index is 1.82. The van der Waals surface area contributed by atoms with Gasteiger partial charge in [-0.15, -0.1) is 0 Å². The Morgan fingerprint density at radius 3 is 3.06 bits per heavy atom. The molecule has 1 nitrogen and oxygen atoms in total. The molecular weight excluding hydrogens is 220 g/mol. The molecule has 0 aromatic heterocycles. The standard InChI is InChI=1S/C17H24O/c1-3-4-5-6-13-7-8-16-14(11-13)12-15-9-10-17(16,2)18-15/h7-8,11,15H,3-6,9-10,12H2,1-2H3/t15-,17+/m0/s1. The Morgan fingerprint density at radius 1 is 1.33 bits per heavy atom. The van der Waals surface area contributed by atoms with Crippen molar-refractivity contribution in [3.05, 3.63) is 34.9 Å². The fraction of sp³-hybridized carbons (Fsp3) is 0.647. The van der Waals surface area contributed by atoms with Gasteiger partial charge >= 0.3 is 0 Å². The summed E-state index contributed by atoms with van der Waals surface area (Å²) in [6.07, 6.45) is 9.26. The van der Waals surface area contributed by atoms with Gasteiger partial charge in [-0.2, -0.15) is 0 Å². The largest absolute Gasteiger partial charge is 0.367 e. The minimum absolute atomic E-state index is 0.0141. The average Bonchev–Trinajstić information content (AvgIpc) is 2.67. The van der Waals surface area contributed by atoms with Crippen LogP contribution in [-0.4, -0.2) is 6.10 Å². The molecule has 98 valence electrons. The fourth-order valence-electron chi connectivity index (χ4n) is 3.58. The molecule has 18 heavy (non-hydrogen) atoms. The summed E-state index contributed by atoms with van der Waals surface area (Å²) in [6, 6.07) is 7.10. The molecule has 0 amide bonds. The Labute approximate surface area is 111 Å².